The van der Waals surface area contributed by atoms with E-state index in [0.29, 0.717) is 40.3 Å². The third-order valence-corrected chi connectivity index (χ3v) is 6.96. The fourth-order valence-corrected chi connectivity index (χ4v) is 5.26. The van der Waals surface area contributed by atoms with Crippen LogP contribution in [0.4, 0.5) is 0 Å². The van der Waals surface area contributed by atoms with Crippen molar-refractivity contribution in [2.24, 2.45) is 4.99 Å². The minimum Gasteiger partial charge on any atom is -0.488 e. The van der Waals surface area contributed by atoms with Gasteiger partial charge in [0.25, 0.3) is 0 Å². The Labute approximate surface area is 209 Å². The van der Waals surface area contributed by atoms with Gasteiger partial charge >= 0.3 is 5.97 Å². The number of allylic oxidation sites excluding steroid dienone is 1. The highest BCUT2D eigenvalue weighted by Gasteiger charge is 2.37. The van der Waals surface area contributed by atoms with E-state index in [1.165, 1.54) is 11.8 Å². The summed E-state index contributed by atoms with van der Waals surface area (Å²) < 4.78 is 12.1. The van der Waals surface area contributed by atoms with Crippen LogP contribution in [-0.4, -0.2) is 22.6 Å². The second-order valence-corrected chi connectivity index (χ2v) is 9.61. The maximum absolute atomic E-state index is 12.8. The molecule has 32 heavy (non-hydrogen) atoms. The first-order valence-corrected chi connectivity index (χ1v) is 12.3. The Hall–Kier alpha value is -1.93. The Morgan fingerprint density at radius 1 is 1.25 bits per heavy atom. The average Bonchev–Trinajstić information content (AvgIpc) is 3.21. The van der Waals surface area contributed by atoms with E-state index in [-0.39, 0.29) is 12.0 Å². The van der Waals surface area contributed by atoms with Gasteiger partial charge in [-0.3, -0.25) is 0 Å². The number of amidine groups is 1. The standard InChI is InChI=1S/C23H19BrCl2N2O3S/c1-3-30-22(29)20-13(2)27-23-28(8-9-32-23)21(20)14-5-7-19(17(24)10-14)31-12-15-4-6-16(25)11-18(15)26/h4-11,21H,3,12H2,1-2H3/t21-/m0/s1. The highest BCUT2D eigenvalue weighted by molar-refractivity contribution is 9.10. The van der Waals surface area contributed by atoms with Crippen LogP contribution in [0.5, 0.6) is 5.75 Å². The van der Waals surface area contributed by atoms with E-state index in [1.807, 2.05) is 47.7 Å². The zero-order valence-corrected chi connectivity index (χ0v) is 21.2. The maximum atomic E-state index is 12.8. The van der Waals surface area contributed by atoms with Crippen molar-refractivity contribution in [3.8, 4) is 5.75 Å². The minimum absolute atomic E-state index is 0.298. The molecule has 4 rings (SSSR count). The number of halogens is 3. The largest absolute Gasteiger partial charge is 0.488 e. The second-order valence-electron chi connectivity index (χ2n) is 7.04. The lowest BCUT2D eigenvalue weighted by Crippen LogP contribution is -2.34. The van der Waals surface area contributed by atoms with Gasteiger partial charge in [-0.1, -0.05) is 47.1 Å². The third-order valence-electron chi connectivity index (χ3n) is 4.99. The van der Waals surface area contributed by atoms with E-state index in [1.54, 1.807) is 19.1 Å². The number of nitrogens with zero attached hydrogens (tertiary/aromatic N) is 2. The summed E-state index contributed by atoms with van der Waals surface area (Å²) in [6.07, 6.45) is 1.93. The van der Waals surface area contributed by atoms with Crippen molar-refractivity contribution in [2.45, 2.75) is 26.5 Å². The number of carbonyl (C=O) groups excluding carboxylic acids is 1. The van der Waals surface area contributed by atoms with E-state index >= 15 is 0 Å². The highest BCUT2D eigenvalue weighted by atomic mass is 79.9. The normalized spacial score (nSPS) is 17.3. The molecule has 0 fully saturated rings. The van der Waals surface area contributed by atoms with E-state index in [4.69, 9.17) is 32.7 Å². The Morgan fingerprint density at radius 3 is 2.78 bits per heavy atom. The minimum atomic E-state index is -0.364. The maximum Gasteiger partial charge on any atom is 0.338 e. The lowest BCUT2D eigenvalue weighted by molar-refractivity contribution is -0.139. The van der Waals surface area contributed by atoms with Crippen LogP contribution in [0.25, 0.3) is 0 Å². The van der Waals surface area contributed by atoms with Gasteiger partial charge in [-0.25, -0.2) is 9.79 Å². The fraction of sp³-hybridized carbons (Fsp3) is 0.217. The Morgan fingerprint density at radius 2 is 2.06 bits per heavy atom. The molecule has 9 heteroatoms. The number of fused-ring (bicyclic) bond motifs is 1. The van der Waals surface area contributed by atoms with Crippen LogP contribution in [0.3, 0.4) is 0 Å². The van der Waals surface area contributed by atoms with E-state index in [0.717, 1.165) is 20.8 Å². The van der Waals surface area contributed by atoms with Crippen LogP contribution >= 0.6 is 50.9 Å². The van der Waals surface area contributed by atoms with Gasteiger partial charge in [0.05, 0.1) is 28.4 Å². The first-order chi connectivity index (χ1) is 15.4. The number of esters is 1. The summed E-state index contributed by atoms with van der Waals surface area (Å²) in [7, 11) is 0. The molecule has 0 saturated heterocycles. The topological polar surface area (TPSA) is 51.1 Å². The van der Waals surface area contributed by atoms with Gasteiger partial charge in [-0.15, -0.1) is 0 Å². The number of hydrogen-bond acceptors (Lipinski definition) is 6. The summed E-state index contributed by atoms with van der Waals surface area (Å²) in [5.41, 5.74) is 2.93. The molecule has 0 unspecified atom stereocenters. The number of aliphatic imine (C=N–C) groups is 1. The van der Waals surface area contributed by atoms with Crippen molar-refractivity contribution in [3.05, 3.63) is 84.9 Å². The monoisotopic (exact) mass is 552 g/mol. The van der Waals surface area contributed by atoms with Gasteiger partial charge in [0.2, 0.25) is 0 Å². The number of hydrogen-bond donors (Lipinski definition) is 0. The zero-order chi connectivity index (χ0) is 22.8. The van der Waals surface area contributed by atoms with Crippen molar-refractivity contribution in [1.29, 1.82) is 0 Å². The summed E-state index contributed by atoms with van der Waals surface area (Å²) in [6.45, 7) is 4.23. The molecule has 0 N–H and O–H groups in total. The zero-order valence-electron chi connectivity index (χ0n) is 17.3. The molecule has 0 aromatic heterocycles. The quantitative estimate of drug-likeness (QED) is 0.357. The molecule has 0 saturated carbocycles. The molecule has 2 aromatic rings. The summed E-state index contributed by atoms with van der Waals surface area (Å²) in [4.78, 5) is 19.4. The van der Waals surface area contributed by atoms with E-state index in [9.17, 15) is 4.79 Å². The molecular weight excluding hydrogens is 535 g/mol. The van der Waals surface area contributed by atoms with Crippen molar-refractivity contribution in [2.75, 3.05) is 6.61 Å². The van der Waals surface area contributed by atoms with E-state index in [2.05, 4.69) is 20.9 Å². The number of thioether (sulfide) groups is 1. The average molecular weight is 554 g/mol. The van der Waals surface area contributed by atoms with Gasteiger partial charge < -0.3 is 14.4 Å². The van der Waals surface area contributed by atoms with Gasteiger partial charge in [0.1, 0.15) is 12.4 Å². The molecule has 5 nitrogen and oxygen atoms in total. The van der Waals surface area contributed by atoms with Crippen LogP contribution in [0.2, 0.25) is 10.0 Å². The van der Waals surface area contributed by atoms with Crippen LogP contribution in [0.1, 0.15) is 31.0 Å². The summed E-state index contributed by atoms with van der Waals surface area (Å²) in [5.74, 6) is 0.297. The number of ether oxygens (including phenoxy) is 2. The molecule has 1 atom stereocenters. The van der Waals surface area contributed by atoms with Crippen LogP contribution < -0.4 is 4.74 Å². The van der Waals surface area contributed by atoms with Crippen LogP contribution in [0, 0.1) is 0 Å². The van der Waals surface area contributed by atoms with Gasteiger partial charge in [0, 0.05) is 21.8 Å². The second kappa shape index (κ2) is 9.91. The number of benzene rings is 2. The lowest BCUT2D eigenvalue weighted by atomic mass is 9.95. The summed E-state index contributed by atoms with van der Waals surface area (Å²) >= 11 is 17.3. The predicted molar refractivity (Wildman–Crippen MR) is 133 cm³/mol. The van der Waals surface area contributed by atoms with Crippen molar-refractivity contribution in [3.63, 3.8) is 0 Å². The Bertz CT molecular complexity index is 1170. The van der Waals surface area contributed by atoms with Gasteiger partial charge in [0.15, 0.2) is 5.17 Å². The summed E-state index contributed by atoms with van der Waals surface area (Å²) in [5, 5.41) is 3.91. The number of carbonyl (C=O) groups is 1. The lowest BCUT2D eigenvalue weighted by Gasteiger charge is -2.33. The molecule has 2 aliphatic rings. The predicted octanol–water partition coefficient (Wildman–Crippen LogP) is 7.10. The number of rotatable bonds is 6. The molecule has 0 aliphatic carbocycles. The SMILES string of the molecule is CCOC(=O)C1=C(C)N=C2SC=CN2[C@H]1c1ccc(OCc2ccc(Cl)cc2Cl)c(Br)c1. The third kappa shape index (κ3) is 4.71. The molecule has 0 bridgehead atoms. The summed E-state index contributed by atoms with van der Waals surface area (Å²) in [6, 6.07) is 10.7. The van der Waals surface area contributed by atoms with Crippen LogP contribution in [-0.2, 0) is 16.1 Å². The van der Waals surface area contributed by atoms with Gasteiger partial charge in [-0.2, -0.15) is 0 Å². The molecule has 166 valence electrons. The molecule has 0 radical (unpaired) electrons. The Kier molecular flexibility index (Phi) is 7.20. The van der Waals surface area contributed by atoms with E-state index < -0.39 is 0 Å². The molecule has 0 spiro atoms. The van der Waals surface area contributed by atoms with Crippen molar-refractivity contribution >= 4 is 62.0 Å². The Balaban J connectivity index is 1.62. The molecular formula is C23H19BrCl2N2O3S. The first-order valence-electron chi connectivity index (χ1n) is 9.83. The molecule has 2 aliphatic heterocycles. The fourth-order valence-electron chi connectivity index (χ4n) is 3.50. The first kappa shape index (κ1) is 23.2. The van der Waals surface area contributed by atoms with Crippen molar-refractivity contribution in [1.82, 2.24) is 4.90 Å². The van der Waals surface area contributed by atoms with Crippen molar-refractivity contribution < 1.29 is 14.3 Å². The van der Waals surface area contributed by atoms with Gasteiger partial charge in [-0.05, 0) is 65.0 Å². The molecule has 0 amide bonds. The van der Waals surface area contributed by atoms with Crippen LogP contribution in [0.15, 0.2) is 68.7 Å². The highest BCUT2D eigenvalue weighted by Crippen LogP contribution is 2.42. The molecule has 2 heterocycles. The molecule has 2 aromatic carbocycles. The smallest absolute Gasteiger partial charge is 0.338 e.